The van der Waals surface area contributed by atoms with E-state index >= 15 is 0 Å². The molecule has 3 aromatic carbocycles. The first-order valence-corrected chi connectivity index (χ1v) is 10.9. The Bertz CT molecular complexity index is 1330. The molecule has 2 amide bonds. The molecule has 0 saturated carbocycles. The molecule has 1 spiro atoms. The predicted molar refractivity (Wildman–Crippen MR) is 121 cm³/mol. The summed E-state index contributed by atoms with van der Waals surface area (Å²) in [5.74, 6) is -3.93. The normalized spacial score (nSPS) is 24.6. The number of anilines is 1. The minimum absolute atomic E-state index is 0.208. The summed E-state index contributed by atoms with van der Waals surface area (Å²) in [5, 5.41) is 0. The molecular formula is C27H19NO6. The number of para-hydroxylation sites is 1. The summed E-state index contributed by atoms with van der Waals surface area (Å²) in [7, 11) is 1.54. The van der Waals surface area contributed by atoms with Crippen LogP contribution in [0.3, 0.4) is 0 Å². The van der Waals surface area contributed by atoms with Crippen LogP contribution in [-0.2, 0) is 14.3 Å². The van der Waals surface area contributed by atoms with E-state index in [0.717, 1.165) is 4.90 Å². The third-order valence-corrected chi connectivity index (χ3v) is 6.98. The monoisotopic (exact) mass is 453 g/mol. The van der Waals surface area contributed by atoms with Crippen molar-refractivity contribution in [3.8, 4) is 5.75 Å². The number of rotatable bonds is 3. The molecule has 2 heterocycles. The van der Waals surface area contributed by atoms with Crippen molar-refractivity contribution >= 4 is 29.1 Å². The second kappa shape index (κ2) is 7.20. The van der Waals surface area contributed by atoms with E-state index in [2.05, 4.69) is 0 Å². The minimum Gasteiger partial charge on any atom is -0.497 e. The second-order valence-corrected chi connectivity index (χ2v) is 8.60. The number of fused-ring (bicyclic) bond motifs is 3. The lowest BCUT2D eigenvalue weighted by molar-refractivity contribution is -0.127. The third-order valence-electron chi connectivity index (χ3n) is 6.98. The molecule has 34 heavy (non-hydrogen) atoms. The van der Waals surface area contributed by atoms with Crippen molar-refractivity contribution < 1.29 is 28.7 Å². The Morgan fingerprint density at radius 1 is 0.765 bits per heavy atom. The van der Waals surface area contributed by atoms with E-state index in [1.807, 2.05) is 0 Å². The van der Waals surface area contributed by atoms with Crippen LogP contribution in [0.4, 0.5) is 5.69 Å². The molecule has 2 saturated heterocycles. The van der Waals surface area contributed by atoms with Crippen molar-refractivity contribution in [3.63, 3.8) is 0 Å². The lowest BCUT2D eigenvalue weighted by Crippen LogP contribution is -2.51. The number of carbonyl (C=O) groups is 4. The SMILES string of the molecule is COc1ccc([C@@H]2OC3(C(=O)c4ccccc4C3=O)[C@H]3C(=O)N(c4ccccc4)C(=O)[C@H]23)cc1. The fourth-order valence-corrected chi connectivity index (χ4v) is 5.44. The molecule has 0 N–H and O–H groups in total. The highest BCUT2D eigenvalue weighted by Crippen LogP contribution is 2.57. The number of benzene rings is 3. The van der Waals surface area contributed by atoms with Gasteiger partial charge in [0.15, 0.2) is 0 Å². The zero-order valence-electron chi connectivity index (χ0n) is 18.1. The summed E-state index contributed by atoms with van der Waals surface area (Å²) < 4.78 is 11.5. The Hall–Kier alpha value is -4.10. The van der Waals surface area contributed by atoms with Gasteiger partial charge in [-0.25, -0.2) is 4.90 Å². The number of Topliss-reactive ketones (excluding diaryl/α,β-unsaturated/α-hetero) is 2. The van der Waals surface area contributed by atoms with Gasteiger partial charge in [0, 0.05) is 11.1 Å². The van der Waals surface area contributed by atoms with Crippen molar-refractivity contribution in [2.24, 2.45) is 11.8 Å². The molecular weight excluding hydrogens is 434 g/mol. The predicted octanol–water partition coefficient (Wildman–Crippen LogP) is 3.39. The number of hydrogen-bond acceptors (Lipinski definition) is 6. The van der Waals surface area contributed by atoms with E-state index in [1.54, 1.807) is 78.9 Å². The molecule has 1 aliphatic carbocycles. The number of hydrogen-bond donors (Lipinski definition) is 0. The van der Waals surface area contributed by atoms with Crippen molar-refractivity contribution in [1.29, 1.82) is 0 Å². The Morgan fingerprint density at radius 2 is 1.35 bits per heavy atom. The molecule has 7 nitrogen and oxygen atoms in total. The van der Waals surface area contributed by atoms with Crippen LogP contribution in [0.1, 0.15) is 32.4 Å². The molecule has 3 atom stereocenters. The Labute approximate surface area is 194 Å². The largest absolute Gasteiger partial charge is 0.497 e. The van der Waals surface area contributed by atoms with Crippen LogP contribution in [-0.4, -0.2) is 36.1 Å². The molecule has 0 aromatic heterocycles. The number of amides is 2. The molecule has 0 unspecified atom stereocenters. The van der Waals surface area contributed by atoms with Gasteiger partial charge in [-0.05, 0) is 29.8 Å². The van der Waals surface area contributed by atoms with Crippen molar-refractivity contribution in [2.75, 3.05) is 12.0 Å². The van der Waals surface area contributed by atoms with E-state index in [-0.39, 0.29) is 11.1 Å². The van der Waals surface area contributed by atoms with Gasteiger partial charge in [0.05, 0.1) is 30.7 Å². The second-order valence-electron chi connectivity index (χ2n) is 8.60. The fourth-order valence-electron chi connectivity index (χ4n) is 5.44. The molecule has 6 rings (SSSR count). The zero-order chi connectivity index (χ0) is 23.6. The first kappa shape index (κ1) is 20.5. The standard InChI is InChI=1S/C27H19NO6/c1-33-17-13-11-15(12-14-17)22-20-21(26(32)28(25(20)31)16-7-3-2-4-8-16)27(34-22)23(29)18-9-5-6-10-19(18)24(27)30/h2-14,20-22H,1H3/t20-,21+,22-/m0/s1. The van der Waals surface area contributed by atoms with Crippen LogP contribution in [0.15, 0.2) is 78.9 Å². The van der Waals surface area contributed by atoms with Gasteiger partial charge in [-0.3, -0.25) is 19.2 Å². The number of carbonyl (C=O) groups excluding carboxylic acids is 4. The maximum atomic E-state index is 13.8. The summed E-state index contributed by atoms with van der Waals surface area (Å²) in [4.78, 5) is 56.0. The first-order valence-electron chi connectivity index (χ1n) is 10.9. The number of imide groups is 1. The van der Waals surface area contributed by atoms with Crippen LogP contribution < -0.4 is 9.64 Å². The van der Waals surface area contributed by atoms with Gasteiger partial charge in [0.25, 0.3) is 0 Å². The topological polar surface area (TPSA) is 90.0 Å². The molecule has 3 aliphatic rings. The summed E-state index contributed by atoms with van der Waals surface area (Å²) in [6.45, 7) is 0. The van der Waals surface area contributed by atoms with Crippen molar-refractivity contribution in [1.82, 2.24) is 0 Å². The van der Waals surface area contributed by atoms with Gasteiger partial charge >= 0.3 is 0 Å². The van der Waals surface area contributed by atoms with E-state index in [0.29, 0.717) is 17.0 Å². The lowest BCUT2D eigenvalue weighted by atomic mass is 9.77. The summed E-state index contributed by atoms with van der Waals surface area (Å²) in [6, 6.07) is 21.8. The van der Waals surface area contributed by atoms with E-state index in [1.165, 1.54) is 7.11 Å². The Balaban J connectivity index is 1.53. The Morgan fingerprint density at radius 3 is 1.94 bits per heavy atom. The van der Waals surface area contributed by atoms with Crippen LogP contribution in [0.5, 0.6) is 5.75 Å². The zero-order valence-corrected chi connectivity index (χ0v) is 18.1. The lowest BCUT2D eigenvalue weighted by Gasteiger charge is -2.27. The number of ether oxygens (including phenoxy) is 2. The molecule has 2 fully saturated rings. The smallest absolute Gasteiger partial charge is 0.241 e. The van der Waals surface area contributed by atoms with Gasteiger partial charge in [0.1, 0.15) is 5.75 Å². The van der Waals surface area contributed by atoms with Gasteiger partial charge < -0.3 is 9.47 Å². The van der Waals surface area contributed by atoms with Gasteiger partial charge in [-0.1, -0.05) is 54.6 Å². The Kier molecular flexibility index (Phi) is 4.34. The van der Waals surface area contributed by atoms with Crippen LogP contribution in [0.25, 0.3) is 0 Å². The molecule has 7 heteroatoms. The summed E-state index contributed by atoms with van der Waals surface area (Å²) >= 11 is 0. The van der Waals surface area contributed by atoms with Crippen molar-refractivity contribution in [2.45, 2.75) is 11.7 Å². The van der Waals surface area contributed by atoms with E-state index in [9.17, 15) is 19.2 Å². The molecule has 0 bridgehead atoms. The average molecular weight is 453 g/mol. The highest BCUT2D eigenvalue weighted by atomic mass is 16.5. The molecule has 168 valence electrons. The highest BCUT2D eigenvalue weighted by molar-refractivity contribution is 6.37. The van der Waals surface area contributed by atoms with Gasteiger partial charge in [0.2, 0.25) is 29.0 Å². The van der Waals surface area contributed by atoms with E-state index < -0.39 is 46.9 Å². The van der Waals surface area contributed by atoms with Crippen molar-refractivity contribution in [3.05, 3.63) is 95.6 Å². The fraction of sp³-hybridized carbons (Fsp3) is 0.185. The summed E-state index contributed by atoms with van der Waals surface area (Å²) in [6.07, 6.45) is -0.955. The van der Waals surface area contributed by atoms with Gasteiger partial charge in [-0.15, -0.1) is 0 Å². The van der Waals surface area contributed by atoms with Gasteiger partial charge in [-0.2, -0.15) is 0 Å². The minimum atomic E-state index is -2.07. The first-order chi connectivity index (χ1) is 16.5. The molecule has 2 aliphatic heterocycles. The van der Waals surface area contributed by atoms with Crippen LogP contribution in [0, 0.1) is 11.8 Å². The summed E-state index contributed by atoms with van der Waals surface area (Å²) in [5.41, 5.74) is -0.679. The van der Waals surface area contributed by atoms with E-state index in [4.69, 9.17) is 9.47 Å². The molecule has 3 aromatic rings. The third kappa shape index (κ3) is 2.50. The number of nitrogens with zero attached hydrogens (tertiary/aromatic N) is 1. The quantitative estimate of drug-likeness (QED) is 0.446. The maximum absolute atomic E-state index is 13.8. The number of methoxy groups -OCH3 is 1. The van der Waals surface area contributed by atoms with Crippen LogP contribution >= 0.6 is 0 Å². The average Bonchev–Trinajstić information content (AvgIpc) is 3.44. The maximum Gasteiger partial charge on any atom is 0.241 e. The van der Waals surface area contributed by atoms with Crippen LogP contribution in [0.2, 0.25) is 0 Å². The highest BCUT2D eigenvalue weighted by Gasteiger charge is 2.74. The number of ketones is 2. The molecule has 0 radical (unpaired) electrons.